The van der Waals surface area contributed by atoms with Crippen molar-refractivity contribution in [2.24, 2.45) is 0 Å². The summed E-state index contributed by atoms with van der Waals surface area (Å²) in [5.74, 6) is 0.951. The van der Waals surface area contributed by atoms with Gasteiger partial charge in [-0.05, 0) is 43.2 Å². The van der Waals surface area contributed by atoms with Crippen molar-refractivity contribution in [2.75, 3.05) is 39.0 Å². The van der Waals surface area contributed by atoms with Gasteiger partial charge in [0.2, 0.25) is 15.9 Å². The third-order valence-electron chi connectivity index (χ3n) is 6.10. The van der Waals surface area contributed by atoms with Crippen molar-refractivity contribution in [3.63, 3.8) is 0 Å². The number of hydrogen-bond donors (Lipinski definition) is 2. The molecule has 3 N–H and O–H groups in total. The molecule has 1 aromatic carbocycles. The van der Waals surface area contributed by atoms with Crippen LogP contribution in [0.15, 0.2) is 46.0 Å². The Bertz CT molecular complexity index is 1330. The molecule has 0 radical (unpaired) electrons. The van der Waals surface area contributed by atoms with Crippen LogP contribution in [0.4, 0.5) is 5.82 Å². The average molecular weight is 515 g/mol. The molecule has 0 aliphatic carbocycles. The second-order valence-corrected chi connectivity index (χ2v) is 10.4. The largest absolute Gasteiger partial charge is 0.497 e. The smallest absolute Gasteiger partial charge is 0.275 e. The van der Waals surface area contributed by atoms with E-state index in [1.54, 1.807) is 37.1 Å². The van der Waals surface area contributed by atoms with Gasteiger partial charge in [0.15, 0.2) is 5.69 Å². The Labute approximate surface area is 210 Å². The van der Waals surface area contributed by atoms with Gasteiger partial charge in [0.25, 0.3) is 5.91 Å². The van der Waals surface area contributed by atoms with E-state index >= 15 is 0 Å². The molecule has 0 unspecified atom stereocenters. The number of piperazine rings is 1. The highest BCUT2D eigenvalue weighted by Crippen LogP contribution is 2.25. The summed E-state index contributed by atoms with van der Waals surface area (Å²) in [4.78, 5) is 25.3. The van der Waals surface area contributed by atoms with Gasteiger partial charge in [-0.15, -0.1) is 0 Å². The summed E-state index contributed by atoms with van der Waals surface area (Å²) in [7, 11) is -2.30. The van der Waals surface area contributed by atoms with Gasteiger partial charge in [0.05, 0.1) is 18.6 Å². The Morgan fingerprint density at radius 3 is 2.53 bits per heavy atom. The summed E-state index contributed by atoms with van der Waals surface area (Å²) >= 11 is 0. The number of hydrogen-bond acceptors (Lipinski definition) is 9. The second kappa shape index (κ2) is 10.6. The molecule has 12 heteroatoms. The third-order valence-corrected chi connectivity index (χ3v) is 7.81. The van der Waals surface area contributed by atoms with E-state index in [1.807, 2.05) is 12.1 Å². The molecule has 11 nitrogen and oxygen atoms in total. The van der Waals surface area contributed by atoms with Crippen molar-refractivity contribution >= 4 is 21.7 Å². The molecule has 192 valence electrons. The number of nitrogens with one attached hydrogen (secondary N) is 1. The lowest BCUT2D eigenvalue weighted by molar-refractivity contribution is 0.0622. The summed E-state index contributed by atoms with van der Waals surface area (Å²) in [5.41, 5.74) is 8.16. The molecule has 0 atom stereocenters. The molecule has 4 rings (SSSR count). The van der Waals surface area contributed by atoms with E-state index in [-0.39, 0.29) is 28.9 Å². The molecule has 3 heterocycles. The predicted molar refractivity (Wildman–Crippen MR) is 133 cm³/mol. The number of nitrogens with two attached hydrogens (primary N) is 1. The number of nitrogen functional groups attached to an aromatic ring is 1. The lowest BCUT2D eigenvalue weighted by Gasteiger charge is -2.34. The van der Waals surface area contributed by atoms with Gasteiger partial charge in [-0.2, -0.15) is 0 Å². The van der Waals surface area contributed by atoms with Crippen molar-refractivity contribution in [1.82, 2.24) is 24.5 Å². The zero-order valence-corrected chi connectivity index (χ0v) is 21.3. The molecule has 0 spiro atoms. The number of rotatable bonds is 8. The van der Waals surface area contributed by atoms with Crippen LogP contribution in [0.5, 0.6) is 5.75 Å². The maximum Gasteiger partial charge on any atom is 0.275 e. The van der Waals surface area contributed by atoms with Gasteiger partial charge < -0.3 is 19.8 Å². The third kappa shape index (κ3) is 5.66. The first kappa shape index (κ1) is 25.6. The molecule has 1 aliphatic rings. The zero-order valence-electron chi connectivity index (χ0n) is 20.5. The number of ether oxygens (including phenoxy) is 1. The maximum atomic E-state index is 12.9. The van der Waals surface area contributed by atoms with Crippen LogP contribution in [0.25, 0.3) is 0 Å². The highest BCUT2D eigenvalue weighted by molar-refractivity contribution is 7.89. The van der Waals surface area contributed by atoms with Crippen molar-refractivity contribution in [2.45, 2.75) is 31.8 Å². The number of carbonyl (C=O) groups excluding carboxylic acids is 1. The van der Waals surface area contributed by atoms with Gasteiger partial charge in [-0.3, -0.25) is 9.69 Å². The van der Waals surface area contributed by atoms with Gasteiger partial charge in [-0.25, -0.2) is 23.1 Å². The number of sulfonamides is 1. The molecule has 1 saturated heterocycles. The fourth-order valence-corrected chi connectivity index (χ4v) is 5.69. The quantitative estimate of drug-likeness (QED) is 0.459. The number of benzene rings is 1. The summed E-state index contributed by atoms with van der Waals surface area (Å²) in [6.07, 6.45) is 2.92. The Kier molecular flexibility index (Phi) is 7.57. The molecule has 1 aliphatic heterocycles. The van der Waals surface area contributed by atoms with Crippen molar-refractivity contribution in [3.8, 4) is 5.75 Å². The summed E-state index contributed by atoms with van der Waals surface area (Å²) in [6.45, 7) is 6.34. The van der Waals surface area contributed by atoms with E-state index < -0.39 is 10.0 Å². The van der Waals surface area contributed by atoms with E-state index in [4.69, 9.17) is 14.9 Å². The van der Waals surface area contributed by atoms with Crippen LogP contribution >= 0.6 is 0 Å². The van der Waals surface area contributed by atoms with Crippen LogP contribution in [0.3, 0.4) is 0 Å². The van der Waals surface area contributed by atoms with E-state index in [9.17, 15) is 13.2 Å². The number of pyridine rings is 1. The lowest BCUT2D eigenvalue weighted by Crippen LogP contribution is -2.48. The normalized spacial score (nSPS) is 14.7. The first-order valence-corrected chi connectivity index (χ1v) is 13.0. The number of amides is 1. The highest BCUT2D eigenvalue weighted by Gasteiger charge is 2.26. The minimum atomic E-state index is -3.83. The Morgan fingerprint density at radius 2 is 1.89 bits per heavy atom. The molecular formula is C24H30N6O5S. The second-order valence-electron chi connectivity index (χ2n) is 8.66. The number of nitrogens with zero attached hydrogens (tertiary/aromatic N) is 4. The van der Waals surface area contributed by atoms with Gasteiger partial charge in [0, 0.05) is 44.5 Å². The summed E-state index contributed by atoms with van der Waals surface area (Å²) in [5, 5.41) is 0. The molecule has 1 amide bonds. The van der Waals surface area contributed by atoms with Crippen LogP contribution < -0.4 is 15.2 Å². The standard InChI is InChI=1S/C24H30N6O5S/c1-16-11-19(34-3)12-17(2)22(16)36(32,33)27-13-21-28-20(15-35-21)24(31)30-9-7-29(8-10-30)14-18-5-4-6-26-23(18)25/h4-6,11-12,15,27H,7-10,13-14H2,1-3H3,(H2,25,26). The zero-order chi connectivity index (χ0) is 25.9. The van der Waals surface area contributed by atoms with Crippen molar-refractivity contribution in [3.05, 3.63) is 65.0 Å². The summed E-state index contributed by atoms with van der Waals surface area (Å²) < 4.78 is 38.9. The summed E-state index contributed by atoms with van der Waals surface area (Å²) in [6, 6.07) is 7.12. The lowest BCUT2D eigenvalue weighted by atomic mass is 10.1. The fraction of sp³-hybridized carbons (Fsp3) is 0.375. The number of anilines is 1. The molecule has 1 fully saturated rings. The molecule has 0 saturated carbocycles. The molecular weight excluding hydrogens is 484 g/mol. The minimum absolute atomic E-state index is 0.108. The monoisotopic (exact) mass is 514 g/mol. The maximum absolute atomic E-state index is 12.9. The Hall–Kier alpha value is -3.48. The van der Waals surface area contributed by atoms with Crippen LogP contribution in [-0.2, 0) is 23.1 Å². The first-order chi connectivity index (χ1) is 17.2. The molecule has 2 aromatic heterocycles. The number of aromatic nitrogens is 2. The number of carbonyl (C=O) groups is 1. The highest BCUT2D eigenvalue weighted by atomic mass is 32.2. The average Bonchev–Trinajstić information content (AvgIpc) is 3.33. The Morgan fingerprint density at radius 1 is 1.19 bits per heavy atom. The van der Waals surface area contributed by atoms with E-state index in [0.29, 0.717) is 55.4 Å². The number of methoxy groups -OCH3 is 1. The topological polar surface area (TPSA) is 144 Å². The molecule has 0 bridgehead atoms. The van der Waals surface area contributed by atoms with Crippen LogP contribution in [-0.4, -0.2) is 67.4 Å². The fourth-order valence-electron chi connectivity index (χ4n) is 4.27. The SMILES string of the molecule is COc1cc(C)c(S(=O)(=O)NCc2nc(C(=O)N3CCN(Cc4cccnc4N)CC3)co2)c(C)c1. The van der Waals surface area contributed by atoms with Gasteiger partial charge in [0.1, 0.15) is 17.8 Å². The number of oxazole rings is 1. The van der Waals surface area contributed by atoms with Crippen molar-refractivity contribution < 1.29 is 22.4 Å². The van der Waals surface area contributed by atoms with E-state index in [2.05, 4.69) is 19.6 Å². The van der Waals surface area contributed by atoms with E-state index in [1.165, 1.54) is 13.4 Å². The van der Waals surface area contributed by atoms with Crippen LogP contribution in [0.2, 0.25) is 0 Å². The molecule has 3 aromatic rings. The van der Waals surface area contributed by atoms with Gasteiger partial charge >= 0.3 is 0 Å². The van der Waals surface area contributed by atoms with Crippen LogP contribution in [0, 0.1) is 13.8 Å². The van der Waals surface area contributed by atoms with Crippen molar-refractivity contribution in [1.29, 1.82) is 0 Å². The molecule has 36 heavy (non-hydrogen) atoms. The van der Waals surface area contributed by atoms with Gasteiger partial charge in [-0.1, -0.05) is 6.07 Å². The van der Waals surface area contributed by atoms with E-state index in [0.717, 1.165) is 5.56 Å². The first-order valence-electron chi connectivity index (χ1n) is 11.5. The number of aryl methyl sites for hydroxylation is 2. The Balaban J connectivity index is 1.34. The van der Waals surface area contributed by atoms with Crippen LogP contribution in [0.1, 0.15) is 33.1 Å². The minimum Gasteiger partial charge on any atom is -0.497 e. The predicted octanol–water partition coefficient (Wildman–Crippen LogP) is 1.71.